The van der Waals surface area contributed by atoms with E-state index in [1.807, 2.05) is 0 Å². The SMILES string of the molecule is NNc1ncc([N+](=O)[O-])c(Nc2cc(Br)c(F)cc2F)n1. The van der Waals surface area contributed by atoms with Crippen LogP contribution in [0.4, 0.5) is 31.9 Å². The van der Waals surface area contributed by atoms with Crippen LogP contribution in [0.5, 0.6) is 0 Å². The van der Waals surface area contributed by atoms with Crippen LogP contribution in [0.1, 0.15) is 0 Å². The summed E-state index contributed by atoms with van der Waals surface area (Å²) in [4.78, 5) is 17.4. The van der Waals surface area contributed by atoms with Gasteiger partial charge in [-0.2, -0.15) is 4.98 Å². The average Bonchev–Trinajstić information content (AvgIpc) is 2.44. The van der Waals surface area contributed by atoms with E-state index in [-0.39, 0.29) is 21.9 Å². The van der Waals surface area contributed by atoms with Crippen molar-refractivity contribution in [2.45, 2.75) is 0 Å². The zero-order valence-electron chi connectivity index (χ0n) is 10.1. The minimum Gasteiger partial charge on any atom is -0.332 e. The van der Waals surface area contributed by atoms with Gasteiger partial charge in [0.15, 0.2) is 0 Å². The number of hydrogen-bond acceptors (Lipinski definition) is 7. The highest BCUT2D eigenvalue weighted by Gasteiger charge is 2.19. The second-order valence-corrected chi connectivity index (χ2v) is 4.55. The summed E-state index contributed by atoms with van der Waals surface area (Å²) < 4.78 is 26.8. The van der Waals surface area contributed by atoms with Gasteiger partial charge in [-0.25, -0.2) is 19.6 Å². The molecular formula is C10H7BrF2N6O2. The van der Waals surface area contributed by atoms with Gasteiger partial charge in [-0.05, 0) is 22.0 Å². The molecule has 0 saturated carbocycles. The number of aromatic nitrogens is 2. The molecule has 0 unspecified atom stereocenters. The molecule has 110 valence electrons. The molecule has 0 amide bonds. The van der Waals surface area contributed by atoms with Crippen molar-refractivity contribution in [3.8, 4) is 0 Å². The Kier molecular flexibility index (Phi) is 4.23. The van der Waals surface area contributed by atoms with Gasteiger partial charge in [-0.3, -0.25) is 15.5 Å². The van der Waals surface area contributed by atoms with Crippen LogP contribution < -0.4 is 16.6 Å². The number of nitro groups is 1. The first-order valence-corrected chi connectivity index (χ1v) is 6.11. The summed E-state index contributed by atoms with van der Waals surface area (Å²) in [5.41, 5.74) is 1.41. The van der Waals surface area contributed by atoms with E-state index >= 15 is 0 Å². The lowest BCUT2D eigenvalue weighted by Gasteiger charge is -2.09. The first kappa shape index (κ1) is 15.0. The van der Waals surface area contributed by atoms with Crippen LogP contribution in [0, 0.1) is 21.7 Å². The summed E-state index contributed by atoms with van der Waals surface area (Å²) in [5, 5.41) is 13.3. The topological polar surface area (TPSA) is 119 Å². The molecule has 0 radical (unpaired) electrons. The molecule has 0 spiro atoms. The first-order valence-electron chi connectivity index (χ1n) is 5.32. The fraction of sp³-hybridized carbons (Fsp3) is 0. The van der Waals surface area contributed by atoms with Crippen LogP contribution in [0.2, 0.25) is 0 Å². The van der Waals surface area contributed by atoms with Crippen LogP contribution in [0.25, 0.3) is 0 Å². The molecule has 0 bridgehead atoms. The lowest BCUT2D eigenvalue weighted by Crippen LogP contribution is -2.12. The van der Waals surface area contributed by atoms with E-state index in [0.29, 0.717) is 6.07 Å². The molecule has 2 aromatic rings. The van der Waals surface area contributed by atoms with Crippen molar-refractivity contribution in [2.75, 3.05) is 10.7 Å². The monoisotopic (exact) mass is 360 g/mol. The summed E-state index contributed by atoms with van der Waals surface area (Å²) in [6.07, 6.45) is 0.904. The van der Waals surface area contributed by atoms with Crippen LogP contribution in [0.15, 0.2) is 22.8 Å². The van der Waals surface area contributed by atoms with Gasteiger partial charge in [0, 0.05) is 6.07 Å². The molecule has 2 rings (SSSR count). The Morgan fingerprint density at radius 1 is 1.33 bits per heavy atom. The van der Waals surface area contributed by atoms with E-state index in [1.165, 1.54) is 0 Å². The van der Waals surface area contributed by atoms with Gasteiger partial charge in [0.2, 0.25) is 11.8 Å². The second kappa shape index (κ2) is 5.93. The minimum absolute atomic E-state index is 0.0136. The number of rotatable bonds is 4. The molecule has 0 aliphatic carbocycles. The number of anilines is 3. The molecule has 0 aliphatic heterocycles. The number of nitrogen functional groups attached to an aromatic ring is 1. The van der Waals surface area contributed by atoms with Crippen LogP contribution in [-0.2, 0) is 0 Å². The van der Waals surface area contributed by atoms with Gasteiger partial charge < -0.3 is 5.32 Å². The summed E-state index contributed by atoms with van der Waals surface area (Å²) in [5.74, 6) is 2.97. The molecule has 1 aromatic carbocycles. The van der Waals surface area contributed by atoms with Crippen molar-refractivity contribution in [1.82, 2.24) is 9.97 Å². The fourth-order valence-corrected chi connectivity index (χ4v) is 1.76. The summed E-state index contributed by atoms with van der Waals surface area (Å²) in [7, 11) is 0. The van der Waals surface area contributed by atoms with E-state index < -0.39 is 22.2 Å². The van der Waals surface area contributed by atoms with E-state index in [1.54, 1.807) is 0 Å². The maximum Gasteiger partial charge on any atom is 0.329 e. The highest BCUT2D eigenvalue weighted by Crippen LogP contribution is 2.29. The number of hydrogen-bond donors (Lipinski definition) is 3. The molecule has 0 saturated heterocycles. The van der Waals surface area contributed by atoms with Gasteiger partial charge in [0.1, 0.15) is 17.8 Å². The average molecular weight is 361 g/mol. The number of nitrogens with zero attached hydrogens (tertiary/aromatic N) is 3. The molecule has 8 nitrogen and oxygen atoms in total. The minimum atomic E-state index is -0.939. The number of benzene rings is 1. The van der Waals surface area contributed by atoms with Crippen molar-refractivity contribution >= 4 is 39.1 Å². The maximum absolute atomic E-state index is 13.7. The number of nitrogens with one attached hydrogen (secondary N) is 2. The van der Waals surface area contributed by atoms with E-state index in [2.05, 4.69) is 36.6 Å². The predicted octanol–water partition coefficient (Wildman–Crippen LogP) is 2.45. The molecule has 4 N–H and O–H groups in total. The van der Waals surface area contributed by atoms with Gasteiger partial charge >= 0.3 is 5.69 Å². The van der Waals surface area contributed by atoms with Gasteiger partial charge in [-0.15, -0.1) is 0 Å². The molecule has 0 fully saturated rings. The molecule has 21 heavy (non-hydrogen) atoms. The van der Waals surface area contributed by atoms with Crippen molar-refractivity contribution in [3.05, 3.63) is 44.6 Å². The third kappa shape index (κ3) is 3.20. The quantitative estimate of drug-likeness (QED) is 0.331. The second-order valence-electron chi connectivity index (χ2n) is 3.70. The fourth-order valence-electron chi connectivity index (χ4n) is 1.42. The normalized spacial score (nSPS) is 10.3. The van der Waals surface area contributed by atoms with Crippen molar-refractivity contribution in [2.24, 2.45) is 5.84 Å². The highest BCUT2D eigenvalue weighted by molar-refractivity contribution is 9.10. The lowest BCUT2D eigenvalue weighted by molar-refractivity contribution is -0.384. The molecule has 1 heterocycles. The van der Waals surface area contributed by atoms with Gasteiger partial charge in [-0.1, -0.05) is 0 Å². The predicted molar refractivity (Wildman–Crippen MR) is 73.8 cm³/mol. The van der Waals surface area contributed by atoms with Crippen molar-refractivity contribution in [3.63, 3.8) is 0 Å². The standard InChI is InChI=1S/C10H7BrF2N6O2/c11-4-1-7(6(13)2-5(4)12)16-9-8(19(20)21)3-15-10(17-9)18-14/h1-3H,14H2,(H2,15,16,17,18). The molecule has 1 aromatic heterocycles. The Labute approximate surface area is 124 Å². The van der Waals surface area contributed by atoms with Gasteiger partial charge in [0.05, 0.1) is 15.1 Å². The van der Waals surface area contributed by atoms with E-state index in [4.69, 9.17) is 5.84 Å². The van der Waals surface area contributed by atoms with E-state index in [0.717, 1.165) is 12.3 Å². The zero-order valence-corrected chi connectivity index (χ0v) is 11.7. The zero-order chi connectivity index (χ0) is 15.6. The number of halogens is 3. The molecule has 0 atom stereocenters. The Morgan fingerprint density at radius 3 is 2.67 bits per heavy atom. The molecule has 0 aliphatic rings. The lowest BCUT2D eigenvalue weighted by atomic mass is 10.3. The summed E-state index contributed by atoms with van der Waals surface area (Å²) in [6.45, 7) is 0. The number of nitrogens with two attached hydrogens (primary N) is 1. The van der Waals surface area contributed by atoms with Crippen molar-refractivity contribution in [1.29, 1.82) is 0 Å². The van der Waals surface area contributed by atoms with Crippen LogP contribution >= 0.6 is 15.9 Å². The van der Waals surface area contributed by atoms with Crippen LogP contribution in [-0.4, -0.2) is 14.9 Å². The van der Waals surface area contributed by atoms with Crippen molar-refractivity contribution < 1.29 is 13.7 Å². The highest BCUT2D eigenvalue weighted by atomic mass is 79.9. The molecular weight excluding hydrogens is 354 g/mol. The maximum atomic E-state index is 13.7. The van der Waals surface area contributed by atoms with Crippen LogP contribution in [0.3, 0.4) is 0 Å². The third-order valence-corrected chi connectivity index (χ3v) is 2.97. The third-order valence-electron chi connectivity index (χ3n) is 2.36. The Morgan fingerprint density at radius 2 is 2.05 bits per heavy atom. The largest absolute Gasteiger partial charge is 0.332 e. The number of hydrazine groups is 1. The first-order chi connectivity index (χ1) is 9.92. The summed E-state index contributed by atoms with van der Waals surface area (Å²) >= 11 is 2.89. The van der Waals surface area contributed by atoms with E-state index in [9.17, 15) is 18.9 Å². The Hall–Kier alpha value is -2.40. The smallest absolute Gasteiger partial charge is 0.329 e. The molecule has 11 heteroatoms. The Bertz CT molecular complexity index is 714. The van der Waals surface area contributed by atoms with Gasteiger partial charge in [0.25, 0.3) is 0 Å². The Balaban J connectivity index is 2.47. The summed E-state index contributed by atoms with van der Waals surface area (Å²) in [6, 6.07) is 1.72.